The van der Waals surface area contributed by atoms with Gasteiger partial charge < -0.3 is 14.2 Å². The summed E-state index contributed by atoms with van der Waals surface area (Å²) in [6.45, 7) is 0.210. The number of amides is 1. The van der Waals surface area contributed by atoms with Crippen LogP contribution in [0.15, 0.2) is 41.1 Å². The molecule has 31 heavy (non-hydrogen) atoms. The van der Waals surface area contributed by atoms with E-state index in [1.54, 1.807) is 13.2 Å². The van der Waals surface area contributed by atoms with Crippen molar-refractivity contribution in [1.82, 2.24) is 25.2 Å². The molecule has 1 N–H and O–H groups in total. The minimum Gasteiger partial charge on any atom is -0.497 e. The molecule has 0 aliphatic carbocycles. The second-order valence-electron chi connectivity index (χ2n) is 7.93. The predicted octanol–water partition coefficient (Wildman–Crippen LogP) is 1.19. The van der Waals surface area contributed by atoms with Crippen LogP contribution in [-0.2, 0) is 16.3 Å². The van der Waals surface area contributed by atoms with Crippen LogP contribution in [0.2, 0.25) is 0 Å². The zero-order valence-electron chi connectivity index (χ0n) is 16.8. The Bertz CT molecular complexity index is 1200. The second-order valence-corrected chi connectivity index (χ2v) is 10.4. The highest BCUT2D eigenvalue weighted by Crippen LogP contribution is 2.49. The molecule has 1 unspecified atom stereocenters. The Hall–Kier alpha value is -3.21. The lowest BCUT2D eigenvalue weighted by atomic mass is 9.83. The molecule has 2 fully saturated rings. The molecule has 1 spiro atoms. The van der Waals surface area contributed by atoms with Gasteiger partial charge in [0.15, 0.2) is 15.7 Å². The number of aromatic amines is 1. The smallest absolute Gasteiger partial charge is 0.271 e. The van der Waals surface area contributed by atoms with E-state index in [-0.39, 0.29) is 24.7 Å². The maximum absolute atomic E-state index is 12.9. The maximum Gasteiger partial charge on any atom is 0.271 e. The summed E-state index contributed by atoms with van der Waals surface area (Å²) in [6.07, 6.45) is 2.35. The first kappa shape index (κ1) is 19.7. The summed E-state index contributed by atoms with van der Waals surface area (Å²) in [5.41, 5.74) is 1.32. The zero-order chi connectivity index (χ0) is 21.6. The molecule has 2 aliphatic rings. The molecule has 1 atom stereocenters. The van der Waals surface area contributed by atoms with Crippen molar-refractivity contribution < 1.29 is 22.5 Å². The standard InChI is InChI=1S/C20H21N5O5S/c1-29-14-4-2-13(3-5-14)10-17-22-18(30-24-17)15-7-9-31(27,28)20(15)11-25(12-20)19(26)16-6-8-21-23-16/h2-6,8,15H,7,9-12H2,1H3,(H,21,23). The van der Waals surface area contributed by atoms with Crippen molar-refractivity contribution in [2.24, 2.45) is 0 Å². The average Bonchev–Trinajstić information content (AvgIpc) is 3.46. The summed E-state index contributed by atoms with van der Waals surface area (Å²) in [4.78, 5) is 18.5. The Morgan fingerprint density at radius 2 is 2.06 bits per heavy atom. The van der Waals surface area contributed by atoms with Gasteiger partial charge in [0.25, 0.3) is 5.91 Å². The fourth-order valence-electron chi connectivity index (χ4n) is 4.42. The lowest BCUT2D eigenvalue weighted by Crippen LogP contribution is -2.67. The van der Waals surface area contributed by atoms with Gasteiger partial charge in [0.1, 0.15) is 16.2 Å². The molecule has 0 bridgehead atoms. The quantitative estimate of drug-likeness (QED) is 0.622. The molecule has 1 aromatic carbocycles. The number of carbonyl (C=O) groups is 1. The van der Waals surface area contributed by atoms with Crippen LogP contribution in [0.5, 0.6) is 5.75 Å². The van der Waals surface area contributed by atoms with Gasteiger partial charge in [0.05, 0.1) is 18.8 Å². The van der Waals surface area contributed by atoms with E-state index in [1.165, 1.54) is 11.1 Å². The summed E-state index contributed by atoms with van der Waals surface area (Å²) in [5, 5.41) is 10.5. The number of aromatic nitrogens is 4. The van der Waals surface area contributed by atoms with Gasteiger partial charge in [-0.1, -0.05) is 17.3 Å². The lowest BCUT2D eigenvalue weighted by Gasteiger charge is -2.48. The summed E-state index contributed by atoms with van der Waals surface area (Å²) in [6, 6.07) is 9.11. The number of sulfone groups is 1. The number of H-pyrrole nitrogens is 1. The van der Waals surface area contributed by atoms with Crippen LogP contribution in [0.4, 0.5) is 0 Å². The van der Waals surface area contributed by atoms with Crippen LogP contribution in [0, 0.1) is 0 Å². The first-order chi connectivity index (χ1) is 14.9. The number of carbonyl (C=O) groups excluding carboxylic acids is 1. The number of nitrogens with zero attached hydrogens (tertiary/aromatic N) is 4. The molecule has 162 valence electrons. The number of benzene rings is 1. The van der Waals surface area contributed by atoms with E-state index in [0.29, 0.717) is 30.3 Å². The van der Waals surface area contributed by atoms with Crippen LogP contribution in [0.3, 0.4) is 0 Å². The van der Waals surface area contributed by atoms with Gasteiger partial charge in [-0.15, -0.1) is 0 Å². The Balaban J connectivity index is 1.34. The fourth-order valence-corrected chi connectivity index (χ4v) is 6.73. The van der Waals surface area contributed by atoms with E-state index < -0.39 is 20.5 Å². The van der Waals surface area contributed by atoms with Crippen molar-refractivity contribution >= 4 is 15.7 Å². The molecule has 2 saturated heterocycles. The predicted molar refractivity (Wildman–Crippen MR) is 108 cm³/mol. The molecule has 4 heterocycles. The number of methoxy groups -OCH3 is 1. The Kier molecular flexibility index (Phi) is 4.58. The van der Waals surface area contributed by atoms with E-state index in [4.69, 9.17) is 9.26 Å². The van der Waals surface area contributed by atoms with Gasteiger partial charge in [-0.25, -0.2) is 8.42 Å². The van der Waals surface area contributed by atoms with Crippen LogP contribution in [0.1, 0.15) is 40.1 Å². The first-order valence-electron chi connectivity index (χ1n) is 9.88. The molecule has 2 aliphatic heterocycles. The van der Waals surface area contributed by atoms with Crippen molar-refractivity contribution in [2.45, 2.75) is 23.5 Å². The Labute approximate surface area is 178 Å². The number of likely N-dealkylation sites (tertiary alicyclic amines) is 1. The molecule has 3 aromatic rings. The van der Waals surface area contributed by atoms with Gasteiger partial charge in [0.2, 0.25) is 5.89 Å². The number of hydrogen-bond acceptors (Lipinski definition) is 8. The first-order valence-corrected chi connectivity index (χ1v) is 11.5. The van der Waals surface area contributed by atoms with Crippen LogP contribution in [0.25, 0.3) is 0 Å². The third-order valence-corrected chi connectivity index (χ3v) is 8.72. The number of rotatable bonds is 5. The molecule has 10 nitrogen and oxygen atoms in total. The van der Waals surface area contributed by atoms with Gasteiger partial charge in [-0.2, -0.15) is 10.1 Å². The molecule has 0 saturated carbocycles. The average molecular weight is 443 g/mol. The highest BCUT2D eigenvalue weighted by molar-refractivity contribution is 7.93. The number of nitrogens with one attached hydrogen (secondary N) is 1. The van der Waals surface area contributed by atoms with Crippen LogP contribution >= 0.6 is 0 Å². The minimum absolute atomic E-state index is 0.0416. The lowest BCUT2D eigenvalue weighted by molar-refractivity contribution is 0.0498. The molecule has 11 heteroatoms. The Morgan fingerprint density at radius 1 is 1.29 bits per heavy atom. The maximum atomic E-state index is 12.9. The Morgan fingerprint density at radius 3 is 2.74 bits per heavy atom. The molecule has 1 amide bonds. The molecular weight excluding hydrogens is 422 g/mol. The van der Waals surface area contributed by atoms with E-state index in [9.17, 15) is 13.2 Å². The number of hydrogen-bond donors (Lipinski definition) is 1. The molecule has 0 radical (unpaired) electrons. The second kappa shape index (κ2) is 7.19. The third-order valence-electron chi connectivity index (χ3n) is 6.17. The summed E-state index contributed by atoms with van der Waals surface area (Å²) >= 11 is 0. The number of ether oxygens (including phenoxy) is 1. The molecular formula is C20H21N5O5S. The zero-order valence-corrected chi connectivity index (χ0v) is 17.6. The van der Waals surface area contributed by atoms with Crippen molar-refractivity contribution in [2.75, 3.05) is 26.0 Å². The van der Waals surface area contributed by atoms with Crippen molar-refractivity contribution in [3.8, 4) is 5.75 Å². The summed E-state index contributed by atoms with van der Waals surface area (Å²) < 4.78 is 35.4. The van der Waals surface area contributed by atoms with Gasteiger partial charge in [-0.3, -0.25) is 9.89 Å². The van der Waals surface area contributed by atoms with Crippen molar-refractivity contribution in [1.29, 1.82) is 0 Å². The normalized spacial score (nSPS) is 21.2. The van der Waals surface area contributed by atoms with Crippen LogP contribution in [-0.4, -0.2) is 70.3 Å². The van der Waals surface area contributed by atoms with E-state index >= 15 is 0 Å². The molecule has 5 rings (SSSR count). The topological polar surface area (TPSA) is 131 Å². The fraction of sp³-hybridized carbons (Fsp3) is 0.400. The summed E-state index contributed by atoms with van der Waals surface area (Å²) in [7, 11) is -1.79. The third kappa shape index (κ3) is 3.19. The summed E-state index contributed by atoms with van der Waals surface area (Å²) in [5.74, 6) is 0.910. The minimum atomic E-state index is -3.40. The van der Waals surface area contributed by atoms with Gasteiger partial charge in [0, 0.05) is 25.7 Å². The largest absolute Gasteiger partial charge is 0.497 e. The van der Waals surface area contributed by atoms with Crippen molar-refractivity contribution in [3.63, 3.8) is 0 Å². The monoisotopic (exact) mass is 443 g/mol. The van der Waals surface area contributed by atoms with Crippen LogP contribution < -0.4 is 4.74 Å². The van der Waals surface area contributed by atoms with E-state index in [0.717, 1.165) is 11.3 Å². The van der Waals surface area contributed by atoms with Gasteiger partial charge >= 0.3 is 0 Å². The highest BCUT2D eigenvalue weighted by Gasteiger charge is 2.64. The SMILES string of the molecule is COc1ccc(Cc2noc(C3CCS(=O)(=O)C34CN(C(=O)c3ccn[nH]3)C4)n2)cc1. The van der Waals surface area contributed by atoms with E-state index in [2.05, 4.69) is 20.3 Å². The highest BCUT2D eigenvalue weighted by atomic mass is 32.2. The van der Waals surface area contributed by atoms with Gasteiger partial charge in [-0.05, 0) is 30.2 Å². The van der Waals surface area contributed by atoms with Crippen molar-refractivity contribution in [3.05, 3.63) is 59.5 Å². The van der Waals surface area contributed by atoms with E-state index in [1.807, 2.05) is 24.3 Å². The molecule has 2 aromatic heterocycles.